The number of carbonyl (C=O) groups excluding carboxylic acids is 1. The van der Waals surface area contributed by atoms with Crippen molar-refractivity contribution in [2.24, 2.45) is 4.36 Å². The second-order valence-electron chi connectivity index (χ2n) is 9.58. The zero-order valence-corrected chi connectivity index (χ0v) is 19.7. The molecule has 0 radical (unpaired) electrons. The standard InChI is InChI=1S/C23H37N3O3S/c1-18-12-14-19(15-13-18)30(28,25-22(27)29-23(2,3)4)24-20-10-6-7-11-21(20)26-16-8-5-9-17-26/h12-15,20-21H,5-11,16-17H2,1-4H3,(H,24,25,27,28)/t20-,21-,30?/m1/s1. The summed E-state index contributed by atoms with van der Waals surface area (Å²) < 4.78 is 26.9. The van der Waals surface area contributed by atoms with Crippen molar-refractivity contribution in [2.75, 3.05) is 13.1 Å². The molecule has 6 nitrogen and oxygen atoms in total. The number of aryl methyl sites for hydroxylation is 1. The molecular formula is C23H37N3O3S. The molecule has 1 aromatic rings. The summed E-state index contributed by atoms with van der Waals surface area (Å²) in [4.78, 5) is 15.6. The van der Waals surface area contributed by atoms with Crippen LogP contribution in [0.3, 0.4) is 0 Å². The third kappa shape index (κ3) is 6.28. The van der Waals surface area contributed by atoms with Crippen LogP contribution in [0.1, 0.15) is 71.3 Å². The number of nitrogens with one attached hydrogen (secondary N) is 1. The number of likely N-dealkylation sites (tertiary alicyclic amines) is 1. The van der Waals surface area contributed by atoms with Crippen LogP contribution >= 0.6 is 0 Å². The predicted octanol–water partition coefficient (Wildman–Crippen LogP) is 5.06. The molecule has 3 rings (SSSR count). The van der Waals surface area contributed by atoms with Crippen molar-refractivity contribution < 1.29 is 13.7 Å². The molecule has 1 aromatic carbocycles. The number of amides is 1. The number of nitrogens with zero attached hydrogens (tertiary/aromatic N) is 2. The van der Waals surface area contributed by atoms with E-state index in [0.717, 1.165) is 37.9 Å². The van der Waals surface area contributed by atoms with Gasteiger partial charge in [0.15, 0.2) is 0 Å². The topological polar surface area (TPSA) is 71.0 Å². The Labute approximate surface area is 182 Å². The number of hydrogen-bond acceptors (Lipinski definition) is 4. The van der Waals surface area contributed by atoms with E-state index in [4.69, 9.17) is 4.74 Å². The van der Waals surface area contributed by atoms with Gasteiger partial charge >= 0.3 is 6.09 Å². The molecule has 1 N–H and O–H groups in total. The van der Waals surface area contributed by atoms with Crippen LogP contribution in [0.25, 0.3) is 0 Å². The molecule has 0 aromatic heterocycles. The Kier molecular flexibility index (Phi) is 7.58. The van der Waals surface area contributed by atoms with E-state index >= 15 is 0 Å². The highest BCUT2D eigenvalue weighted by atomic mass is 32.2. The van der Waals surface area contributed by atoms with Crippen LogP contribution in [-0.4, -0.2) is 46.0 Å². The average molecular weight is 436 g/mol. The van der Waals surface area contributed by atoms with Gasteiger partial charge in [-0.25, -0.2) is 13.7 Å². The van der Waals surface area contributed by atoms with Crippen LogP contribution in [0, 0.1) is 6.92 Å². The molecular weight excluding hydrogens is 398 g/mol. The summed E-state index contributed by atoms with van der Waals surface area (Å²) in [5, 5.41) is 0. The van der Waals surface area contributed by atoms with E-state index in [1.165, 1.54) is 25.7 Å². The second-order valence-corrected chi connectivity index (χ2v) is 11.5. The number of carbonyl (C=O) groups is 1. The third-order valence-electron chi connectivity index (χ3n) is 5.84. The molecule has 1 saturated carbocycles. The van der Waals surface area contributed by atoms with Crippen LogP contribution in [0.4, 0.5) is 4.79 Å². The molecule has 1 heterocycles. The van der Waals surface area contributed by atoms with Crippen LogP contribution in [0.5, 0.6) is 0 Å². The van der Waals surface area contributed by atoms with Gasteiger partial charge in [0.2, 0.25) is 0 Å². The summed E-state index contributed by atoms with van der Waals surface area (Å²) in [6.45, 7) is 9.53. The molecule has 168 valence electrons. The summed E-state index contributed by atoms with van der Waals surface area (Å²) >= 11 is 0. The smallest absolute Gasteiger partial charge is 0.442 e. The van der Waals surface area contributed by atoms with Crippen LogP contribution < -0.4 is 4.72 Å². The first-order chi connectivity index (χ1) is 14.2. The average Bonchev–Trinajstić information content (AvgIpc) is 2.68. The van der Waals surface area contributed by atoms with Crippen molar-refractivity contribution in [3.05, 3.63) is 29.8 Å². The van der Waals surface area contributed by atoms with E-state index in [2.05, 4.69) is 14.0 Å². The fourth-order valence-corrected chi connectivity index (χ4v) is 6.13. The molecule has 1 saturated heterocycles. The monoisotopic (exact) mass is 435 g/mol. The van der Waals surface area contributed by atoms with Gasteiger partial charge in [0.05, 0.1) is 4.90 Å². The van der Waals surface area contributed by atoms with E-state index < -0.39 is 21.6 Å². The molecule has 30 heavy (non-hydrogen) atoms. The fraction of sp³-hybridized carbons (Fsp3) is 0.696. The molecule has 1 aliphatic heterocycles. The van der Waals surface area contributed by atoms with Crippen molar-refractivity contribution in [1.82, 2.24) is 9.62 Å². The molecule has 7 heteroatoms. The quantitative estimate of drug-likeness (QED) is 0.718. The number of hydrogen-bond donors (Lipinski definition) is 1. The van der Waals surface area contributed by atoms with Gasteiger partial charge in [0.1, 0.15) is 15.5 Å². The lowest BCUT2D eigenvalue weighted by Gasteiger charge is -2.42. The van der Waals surface area contributed by atoms with Gasteiger partial charge in [-0.1, -0.05) is 37.0 Å². The van der Waals surface area contributed by atoms with Crippen LogP contribution in [0.2, 0.25) is 0 Å². The Balaban J connectivity index is 1.91. The Morgan fingerprint density at radius 2 is 1.70 bits per heavy atom. The Morgan fingerprint density at radius 1 is 1.07 bits per heavy atom. The number of piperidine rings is 1. The molecule has 3 atom stereocenters. The largest absolute Gasteiger partial charge is 0.443 e. The maximum atomic E-state index is 14.1. The maximum Gasteiger partial charge on any atom is 0.443 e. The molecule has 2 fully saturated rings. The summed E-state index contributed by atoms with van der Waals surface area (Å²) in [6, 6.07) is 7.79. The SMILES string of the molecule is Cc1ccc(S(=O)(=NC(=O)OC(C)(C)C)N[C@@H]2CCCC[C@H]2N2CCCCC2)cc1. The molecule has 0 spiro atoms. The second kappa shape index (κ2) is 9.79. The molecule has 1 amide bonds. The van der Waals surface area contributed by atoms with Gasteiger partial charge in [-0.05, 0) is 78.6 Å². The third-order valence-corrected chi connectivity index (χ3v) is 7.78. The van der Waals surface area contributed by atoms with E-state index in [-0.39, 0.29) is 6.04 Å². The van der Waals surface area contributed by atoms with Gasteiger partial charge in [0, 0.05) is 12.1 Å². The minimum atomic E-state index is -3.15. The van der Waals surface area contributed by atoms with Gasteiger partial charge < -0.3 is 4.74 Å². The molecule has 2 aliphatic rings. The van der Waals surface area contributed by atoms with E-state index in [0.29, 0.717) is 10.9 Å². The highest BCUT2D eigenvalue weighted by Crippen LogP contribution is 2.28. The van der Waals surface area contributed by atoms with Crippen molar-refractivity contribution in [3.63, 3.8) is 0 Å². The van der Waals surface area contributed by atoms with E-state index in [1.807, 2.05) is 19.1 Å². The van der Waals surface area contributed by atoms with Crippen LogP contribution in [0.15, 0.2) is 33.5 Å². The van der Waals surface area contributed by atoms with Crippen molar-refractivity contribution in [3.8, 4) is 0 Å². The zero-order valence-electron chi connectivity index (χ0n) is 18.9. The fourth-order valence-electron chi connectivity index (χ4n) is 4.40. The van der Waals surface area contributed by atoms with Gasteiger partial charge in [-0.2, -0.15) is 0 Å². The normalized spacial score (nSPS) is 25.3. The lowest BCUT2D eigenvalue weighted by atomic mass is 9.89. The van der Waals surface area contributed by atoms with Crippen molar-refractivity contribution in [1.29, 1.82) is 0 Å². The Morgan fingerprint density at radius 3 is 2.33 bits per heavy atom. The van der Waals surface area contributed by atoms with Gasteiger partial charge in [0.25, 0.3) is 0 Å². The van der Waals surface area contributed by atoms with Crippen LogP contribution in [-0.2, 0) is 14.7 Å². The molecule has 1 unspecified atom stereocenters. The first-order valence-electron chi connectivity index (χ1n) is 11.2. The molecule has 1 aliphatic carbocycles. The molecule has 0 bridgehead atoms. The lowest BCUT2D eigenvalue weighted by molar-refractivity contribution is 0.0607. The maximum absolute atomic E-state index is 14.1. The summed E-state index contributed by atoms with van der Waals surface area (Å²) in [5.74, 6) is 0. The van der Waals surface area contributed by atoms with Crippen molar-refractivity contribution >= 4 is 16.0 Å². The number of ether oxygens (including phenoxy) is 1. The Bertz CT molecular complexity index is 832. The predicted molar refractivity (Wildman–Crippen MR) is 121 cm³/mol. The van der Waals surface area contributed by atoms with Crippen molar-refractivity contribution in [2.45, 2.75) is 95.2 Å². The zero-order chi connectivity index (χ0) is 21.8. The Hall–Kier alpha value is -1.44. The number of rotatable bonds is 4. The first kappa shape index (κ1) is 23.2. The number of benzene rings is 1. The van der Waals surface area contributed by atoms with E-state index in [9.17, 15) is 9.00 Å². The summed E-state index contributed by atoms with van der Waals surface area (Å²) in [7, 11) is -3.15. The van der Waals surface area contributed by atoms with Gasteiger partial charge in [-0.15, -0.1) is 4.36 Å². The minimum Gasteiger partial charge on any atom is -0.442 e. The van der Waals surface area contributed by atoms with E-state index in [1.54, 1.807) is 32.9 Å². The highest BCUT2D eigenvalue weighted by Gasteiger charge is 2.34. The van der Waals surface area contributed by atoms with Gasteiger partial charge in [-0.3, -0.25) is 4.90 Å². The lowest BCUT2D eigenvalue weighted by Crippen LogP contribution is -2.54. The summed E-state index contributed by atoms with van der Waals surface area (Å²) in [6.07, 6.45) is 7.26. The minimum absolute atomic E-state index is 0.0387. The highest BCUT2D eigenvalue weighted by molar-refractivity contribution is 7.92. The first-order valence-corrected chi connectivity index (χ1v) is 12.8. The summed E-state index contributed by atoms with van der Waals surface area (Å²) in [5.41, 5.74) is 0.386.